The van der Waals surface area contributed by atoms with Crippen LogP contribution < -0.4 is 0 Å². The number of hydrogen-bond donors (Lipinski definition) is 2. The molecule has 0 aliphatic heterocycles. The van der Waals surface area contributed by atoms with Crippen molar-refractivity contribution in [2.75, 3.05) is 0 Å². The minimum atomic E-state index is -0.236. The van der Waals surface area contributed by atoms with Gasteiger partial charge >= 0.3 is 0 Å². The van der Waals surface area contributed by atoms with Crippen LogP contribution in [0.2, 0.25) is 0 Å². The van der Waals surface area contributed by atoms with Crippen LogP contribution in [-0.4, -0.2) is 20.2 Å². The monoisotopic (exact) mass is 328 g/mol. The quantitative estimate of drug-likeness (QED) is 0.483. The molecule has 5 aromatic rings. The highest BCUT2D eigenvalue weighted by molar-refractivity contribution is 5.93. The molecule has 0 unspecified atom stereocenters. The molecule has 2 heterocycles. The van der Waals surface area contributed by atoms with Gasteiger partial charge in [0.15, 0.2) is 5.82 Å². The molecule has 5 rings (SSSR count). The summed E-state index contributed by atoms with van der Waals surface area (Å²) in [6.45, 7) is 0. The number of fused-ring (bicyclic) bond motifs is 2. The number of imidazole rings is 1. The third-order valence-corrected chi connectivity index (χ3v) is 4.36. The molecule has 120 valence electrons. The van der Waals surface area contributed by atoms with E-state index in [1.54, 1.807) is 12.1 Å². The molecule has 4 nitrogen and oxygen atoms in total. The van der Waals surface area contributed by atoms with Crippen LogP contribution in [0.3, 0.4) is 0 Å². The zero-order valence-corrected chi connectivity index (χ0v) is 13.1. The Bertz CT molecular complexity index is 1220. The summed E-state index contributed by atoms with van der Waals surface area (Å²) in [6, 6.07) is 20.4. The number of benzene rings is 3. The molecule has 0 saturated carbocycles. The van der Waals surface area contributed by atoms with E-state index in [0.29, 0.717) is 11.4 Å². The maximum Gasteiger partial charge on any atom is 0.159 e. The second kappa shape index (κ2) is 5.27. The largest absolute Gasteiger partial charge is 0.337 e. The Kier molecular flexibility index (Phi) is 2.94. The molecule has 2 aromatic heterocycles. The van der Waals surface area contributed by atoms with Crippen molar-refractivity contribution in [2.24, 2.45) is 0 Å². The summed E-state index contributed by atoms with van der Waals surface area (Å²) in [7, 11) is 0. The van der Waals surface area contributed by atoms with Crippen molar-refractivity contribution in [3.8, 4) is 22.6 Å². The molecule has 0 amide bonds. The molecule has 0 saturated heterocycles. The van der Waals surface area contributed by atoms with Crippen molar-refractivity contribution in [2.45, 2.75) is 0 Å². The molecule has 0 aliphatic carbocycles. The van der Waals surface area contributed by atoms with Crippen LogP contribution >= 0.6 is 0 Å². The first kappa shape index (κ1) is 13.9. The lowest BCUT2D eigenvalue weighted by Gasteiger charge is -2.02. The second-order valence-electron chi connectivity index (χ2n) is 5.91. The molecule has 0 radical (unpaired) electrons. The van der Waals surface area contributed by atoms with Crippen LogP contribution in [0.5, 0.6) is 0 Å². The molecule has 0 atom stereocenters. The van der Waals surface area contributed by atoms with E-state index in [-0.39, 0.29) is 5.82 Å². The third-order valence-electron chi connectivity index (χ3n) is 4.36. The molecule has 25 heavy (non-hydrogen) atoms. The summed E-state index contributed by atoms with van der Waals surface area (Å²) in [6.07, 6.45) is 0. The highest BCUT2D eigenvalue weighted by Crippen LogP contribution is 2.29. The number of nitrogens with zero attached hydrogens (tertiary/aromatic N) is 2. The minimum absolute atomic E-state index is 0.236. The minimum Gasteiger partial charge on any atom is -0.337 e. The highest BCUT2D eigenvalue weighted by Gasteiger charge is 2.13. The molecular weight excluding hydrogens is 315 g/mol. The van der Waals surface area contributed by atoms with Gasteiger partial charge in [0.2, 0.25) is 0 Å². The van der Waals surface area contributed by atoms with Crippen molar-refractivity contribution in [3.05, 3.63) is 72.5 Å². The van der Waals surface area contributed by atoms with E-state index in [9.17, 15) is 4.39 Å². The Morgan fingerprint density at radius 1 is 0.840 bits per heavy atom. The maximum absolute atomic E-state index is 14.0. The van der Waals surface area contributed by atoms with Crippen molar-refractivity contribution < 1.29 is 4.39 Å². The molecule has 2 N–H and O–H groups in total. The fourth-order valence-electron chi connectivity index (χ4n) is 3.13. The van der Waals surface area contributed by atoms with Gasteiger partial charge in [-0.15, -0.1) is 0 Å². The number of H-pyrrole nitrogens is 2. The van der Waals surface area contributed by atoms with Crippen molar-refractivity contribution in [1.82, 2.24) is 20.2 Å². The van der Waals surface area contributed by atoms with Gasteiger partial charge in [-0.25, -0.2) is 9.37 Å². The Morgan fingerprint density at radius 2 is 1.68 bits per heavy atom. The summed E-state index contributed by atoms with van der Waals surface area (Å²) < 4.78 is 14.0. The zero-order chi connectivity index (χ0) is 16.8. The van der Waals surface area contributed by atoms with E-state index >= 15 is 0 Å². The number of hydrogen-bond acceptors (Lipinski definition) is 2. The van der Waals surface area contributed by atoms with Gasteiger partial charge in [0.05, 0.1) is 16.6 Å². The van der Waals surface area contributed by atoms with Gasteiger partial charge in [-0.2, -0.15) is 5.10 Å². The molecule has 5 heteroatoms. The van der Waals surface area contributed by atoms with Gasteiger partial charge in [-0.05, 0) is 29.8 Å². The normalized spacial score (nSPS) is 11.4. The zero-order valence-electron chi connectivity index (χ0n) is 13.1. The predicted molar refractivity (Wildman–Crippen MR) is 96.6 cm³/mol. The van der Waals surface area contributed by atoms with Gasteiger partial charge < -0.3 is 4.98 Å². The summed E-state index contributed by atoms with van der Waals surface area (Å²) in [5.74, 6) is 0.456. The van der Waals surface area contributed by atoms with Gasteiger partial charge in [-0.3, -0.25) is 5.10 Å². The number of halogens is 1. The van der Waals surface area contributed by atoms with E-state index in [1.807, 2.05) is 48.5 Å². The lowest BCUT2D eigenvalue weighted by molar-refractivity contribution is 0.631. The predicted octanol–water partition coefficient (Wildman–Crippen LogP) is 4.91. The molecule has 0 spiro atoms. The van der Waals surface area contributed by atoms with Crippen LogP contribution in [-0.2, 0) is 0 Å². The summed E-state index contributed by atoms with van der Waals surface area (Å²) in [5, 5.41) is 8.40. The van der Waals surface area contributed by atoms with Crippen LogP contribution in [0.15, 0.2) is 66.7 Å². The summed E-state index contributed by atoms with van der Waals surface area (Å²) in [5.41, 5.74) is 4.80. The third kappa shape index (κ3) is 2.21. The number of para-hydroxylation sites is 1. The SMILES string of the molecule is Fc1ccccc1-c1ccc2nc(-c3n[nH]c4ccccc34)[nH]c2c1. The fourth-order valence-corrected chi connectivity index (χ4v) is 3.13. The number of aromatic nitrogens is 4. The fraction of sp³-hybridized carbons (Fsp3) is 0. The summed E-state index contributed by atoms with van der Waals surface area (Å²) in [4.78, 5) is 7.93. The topological polar surface area (TPSA) is 57.4 Å². The average molecular weight is 328 g/mol. The van der Waals surface area contributed by atoms with E-state index < -0.39 is 0 Å². The standard InChI is InChI=1S/C20H13FN4/c21-15-7-3-1-5-13(15)12-9-10-17-18(11-12)23-20(22-17)19-14-6-2-4-8-16(14)24-25-19/h1-11H,(H,22,23)(H,24,25). The molecule has 0 bridgehead atoms. The Morgan fingerprint density at radius 3 is 2.60 bits per heavy atom. The highest BCUT2D eigenvalue weighted by atomic mass is 19.1. The van der Waals surface area contributed by atoms with Crippen LogP contribution in [0.4, 0.5) is 4.39 Å². The first-order valence-corrected chi connectivity index (χ1v) is 7.98. The lowest BCUT2D eigenvalue weighted by Crippen LogP contribution is -1.83. The van der Waals surface area contributed by atoms with Gasteiger partial charge in [0.1, 0.15) is 11.5 Å². The first-order valence-electron chi connectivity index (χ1n) is 7.98. The number of aromatic amines is 2. The van der Waals surface area contributed by atoms with Gasteiger partial charge in [0, 0.05) is 10.9 Å². The average Bonchev–Trinajstić information content (AvgIpc) is 3.25. The smallest absolute Gasteiger partial charge is 0.159 e. The van der Waals surface area contributed by atoms with Gasteiger partial charge in [0.25, 0.3) is 0 Å². The molecule has 0 fully saturated rings. The van der Waals surface area contributed by atoms with Crippen LogP contribution in [0, 0.1) is 5.82 Å². The summed E-state index contributed by atoms with van der Waals surface area (Å²) >= 11 is 0. The lowest BCUT2D eigenvalue weighted by atomic mass is 10.0. The van der Waals surface area contributed by atoms with Crippen molar-refractivity contribution in [3.63, 3.8) is 0 Å². The van der Waals surface area contributed by atoms with Crippen LogP contribution in [0.1, 0.15) is 0 Å². The van der Waals surface area contributed by atoms with E-state index in [0.717, 1.165) is 33.2 Å². The van der Waals surface area contributed by atoms with E-state index in [1.165, 1.54) is 6.07 Å². The number of nitrogens with one attached hydrogen (secondary N) is 2. The van der Waals surface area contributed by atoms with Crippen molar-refractivity contribution in [1.29, 1.82) is 0 Å². The van der Waals surface area contributed by atoms with E-state index in [2.05, 4.69) is 20.2 Å². The molecule has 0 aliphatic rings. The van der Waals surface area contributed by atoms with Crippen LogP contribution in [0.25, 0.3) is 44.6 Å². The molecule has 3 aromatic carbocycles. The Balaban J connectivity index is 1.66. The molecular formula is C20H13FN4. The van der Waals surface area contributed by atoms with E-state index in [4.69, 9.17) is 0 Å². The van der Waals surface area contributed by atoms with Gasteiger partial charge in [-0.1, -0.05) is 42.5 Å². The Labute approximate surface area is 142 Å². The second-order valence-corrected chi connectivity index (χ2v) is 5.91. The number of rotatable bonds is 2. The maximum atomic E-state index is 14.0. The van der Waals surface area contributed by atoms with Crippen molar-refractivity contribution >= 4 is 21.9 Å². The Hall–Kier alpha value is -3.47. The first-order chi connectivity index (χ1) is 12.3.